The molecule has 3 rings (SSSR count). The Morgan fingerprint density at radius 1 is 0.951 bits per heavy atom. The lowest BCUT2D eigenvalue weighted by Crippen LogP contribution is -2.61. The van der Waals surface area contributed by atoms with E-state index in [4.69, 9.17) is 23.7 Å². The Bertz CT molecular complexity index is 1260. The van der Waals surface area contributed by atoms with Crippen molar-refractivity contribution in [3.63, 3.8) is 0 Å². The van der Waals surface area contributed by atoms with Crippen molar-refractivity contribution in [1.29, 1.82) is 0 Å². The number of nitrogens with zero attached hydrogens (tertiary/aromatic N) is 2. The smallest absolute Gasteiger partial charge is 0.303 e. The van der Waals surface area contributed by atoms with Gasteiger partial charge in [0.2, 0.25) is 0 Å². The molecule has 0 aliphatic carbocycles. The molecule has 1 aromatic carbocycles. The number of benzene rings is 1. The first kappa shape index (κ1) is 31.6. The van der Waals surface area contributed by atoms with E-state index in [1.807, 2.05) is 31.2 Å². The molecule has 1 aromatic rings. The first-order valence-electron chi connectivity index (χ1n) is 12.7. The van der Waals surface area contributed by atoms with Crippen molar-refractivity contribution in [2.75, 3.05) is 13.2 Å². The molecule has 0 saturated carbocycles. The van der Waals surface area contributed by atoms with Gasteiger partial charge in [0.25, 0.3) is 5.91 Å². The number of rotatable bonds is 9. The maximum absolute atomic E-state index is 13.3. The van der Waals surface area contributed by atoms with Crippen LogP contribution in [0.4, 0.5) is 0 Å². The molecule has 5 unspecified atom stereocenters. The Kier molecular flexibility index (Phi) is 10.8. The van der Waals surface area contributed by atoms with Crippen molar-refractivity contribution in [3.8, 4) is 0 Å². The van der Waals surface area contributed by atoms with Gasteiger partial charge in [-0.2, -0.15) is 0 Å². The normalized spacial score (nSPS) is 24.9. The fourth-order valence-corrected chi connectivity index (χ4v) is 5.30. The summed E-state index contributed by atoms with van der Waals surface area (Å²) in [5.41, 5.74) is 0.846. The van der Waals surface area contributed by atoms with Gasteiger partial charge in [-0.25, -0.2) is 4.99 Å². The predicted molar refractivity (Wildman–Crippen MR) is 148 cm³/mol. The number of hydrogen-bond acceptors (Lipinski definition) is 12. The van der Waals surface area contributed by atoms with E-state index in [2.05, 4.69) is 11.6 Å². The van der Waals surface area contributed by atoms with E-state index in [1.165, 1.54) is 17.9 Å². The van der Waals surface area contributed by atoms with Crippen molar-refractivity contribution < 1.29 is 47.7 Å². The number of amides is 1. The quantitative estimate of drug-likeness (QED) is 0.181. The van der Waals surface area contributed by atoms with Crippen LogP contribution in [0.15, 0.2) is 47.6 Å². The molecule has 2 aliphatic heterocycles. The maximum Gasteiger partial charge on any atom is 0.303 e. The molecule has 41 heavy (non-hydrogen) atoms. The maximum atomic E-state index is 13.3. The summed E-state index contributed by atoms with van der Waals surface area (Å²) in [4.78, 5) is 66.9. The first-order valence-corrected chi connectivity index (χ1v) is 13.5. The molecule has 5 atom stereocenters. The number of amidine groups is 1. The summed E-state index contributed by atoms with van der Waals surface area (Å²) in [5, 5.41) is 0.203. The van der Waals surface area contributed by atoms with Crippen LogP contribution in [0.5, 0.6) is 0 Å². The highest BCUT2D eigenvalue weighted by Crippen LogP contribution is 2.37. The van der Waals surface area contributed by atoms with Gasteiger partial charge in [-0.05, 0) is 18.6 Å². The zero-order valence-electron chi connectivity index (χ0n) is 23.4. The van der Waals surface area contributed by atoms with Gasteiger partial charge in [-0.15, -0.1) is 6.58 Å². The summed E-state index contributed by atoms with van der Waals surface area (Å²) in [7, 11) is 0. The fraction of sp³-hybridized carbons (Fsp3) is 0.429. The monoisotopic (exact) mass is 588 g/mol. The molecule has 0 aromatic heterocycles. The second-order valence-electron chi connectivity index (χ2n) is 9.22. The SMILES string of the molecule is C=CCN1C(=O)C(=Cc2ccc(C)cc2)N=C1SC1OC(COC(C)=O)C(OC(C)=O)C(OC(C)=O)C1OC(C)=O. The Hall–Kier alpha value is -3.97. The van der Waals surface area contributed by atoms with Crippen molar-refractivity contribution in [2.24, 2.45) is 4.99 Å². The third-order valence-corrected chi connectivity index (χ3v) is 6.91. The molecular formula is C28H32N2O10S. The lowest BCUT2D eigenvalue weighted by Gasteiger charge is -2.44. The van der Waals surface area contributed by atoms with Crippen LogP contribution in [0.3, 0.4) is 0 Å². The Balaban J connectivity index is 2.04. The van der Waals surface area contributed by atoms with Crippen molar-refractivity contribution in [2.45, 2.75) is 64.5 Å². The van der Waals surface area contributed by atoms with Gasteiger partial charge in [-0.3, -0.25) is 28.9 Å². The molecule has 0 N–H and O–H groups in total. The number of aliphatic imine (C=N–C) groups is 1. The van der Waals surface area contributed by atoms with Gasteiger partial charge in [-0.1, -0.05) is 47.7 Å². The van der Waals surface area contributed by atoms with Crippen LogP contribution in [0.25, 0.3) is 6.08 Å². The van der Waals surface area contributed by atoms with Crippen molar-refractivity contribution >= 4 is 52.8 Å². The third-order valence-electron chi connectivity index (χ3n) is 5.77. The molecule has 1 fully saturated rings. The number of carbonyl (C=O) groups excluding carboxylic acids is 5. The summed E-state index contributed by atoms with van der Waals surface area (Å²) < 4.78 is 27.7. The number of thioether (sulfide) groups is 1. The van der Waals surface area contributed by atoms with E-state index in [0.717, 1.165) is 43.7 Å². The number of ether oxygens (including phenoxy) is 5. The lowest BCUT2D eigenvalue weighted by atomic mass is 9.99. The van der Waals surface area contributed by atoms with Gasteiger partial charge >= 0.3 is 23.9 Å². The van der Waals surface area contributed by atoms with Crippen molar-refractivity contribution in [1.82, 2.24) is 4.90 Å². The molecule has 12 nitrogen and oxygen atoms in total. The number of aryl methyl sites for hydroxylation is 1. The number of esters is 4. The molecule has 220 valence electrons. The highest BCUT2D eigenvalue weighted by atomic mass is 32.2. The third kappa shape index (κ3) is 8.51. The van der Waals surface area contributed by atoms with Crippen LogP contribution < -0.4 is 0 Å². The van der Waals surface area contributed by atoms with E-state index in [9.17, 15) is 24.0 Å². The number of hydrogen-bond donors (Lipinski definition) is 0. The van der Waals surface area contributed by atoms with E-state index >= 15 is 0 Å². The Labute approximate surface area is 241 Å². The van der Waals surface area contributed by atoms with Crippen LogP contribution in [-0.4, -0.2) is 82.9 Å². The second-order valence-corrected chi connectivity index (χ2v) is 10.3. The minimum atomic E-state index is -1.33. The van der Waals surface area contributed by atoms with E-state index in [-0.39, 0.29) is 24.0 Å². The molecular weight excluding hydrogens is 556 g/mol. The van der Waals surface area contributed by atoms with Crippen LogP contribution >= 0.6 is 11.8 Å². The van der Waals surface area contributed by atoms with Crippen LogP contribution in [0.2, 0.25) is 0 Å². The molecule has 2 heterocycles. The van der Waals surface area contributed by atoms with E-state index in [0.29, 0.717) is 0 Å². The van der Waals surface area contributed by atoms with E-state index < -0.39 is 59.6 Å². The molecule has 1 amide bonds. The summed E-state index contributed by atoms with van der Waals surface area (Å²) in [5.74, 6) is -3.22. The molecule has 13 heteroatoms. The molecule has 0 radical (unpaired) electrons. The van der Waals surface area contributed by atoms with Gasteiger partial charge < -0.3 is 23.7 Å². The zero-order valence-corrected chi connectivity index (χ0v) is 24.2. The Morgan fingerprint density at radius 2 is 1.54 bits per heavy atom. The summed E-state index contributed by atoms with van der Waals surface area (Å²) in [6.07, 6.45) is -1.88. The fourth-order valence-electron chi connectivity index (χ4n) is 4.12. The van der Waals surface area contributed by atoms with Crippen LogP contribution in [0.1, 0.15) is 38.8 Å². The summed E-state index contributed by atoms with van der Waals surface area (Å²) in [6, 6.07) is 7.52. The molecule has 1 saturated heterocycles. The topological polar surface area (TPSA) is 147 Å². The lowest BCUT2D eigenvalue weighted by molar-refractivity contribution is -0.237. The molecule has 0 spiro atoms. The highest BCUT2D eigenvalue weighted by molar-refractivity contribution is 8.14. The highest BCUT2D eigenvalue weighted by Gasteiger charge is 2.53. The van der Waals surface area contributed by atoms with Gasteiger partial charge in [0.1, 0.15) is 18.4 Å². The zero-order chi connectivity index (χ0) is 30.3. The summed E-state index contributed by atoms with van der Waals surface area (Å²) >= 11 is 0.931. The molecule has 2 aliphatic rings. The standard InChI is InChI=1S/C28H32N2O10S/c1-7-12-30-26(35)21(13-20-10-8-15(2)9-11-20)29-28(30)41-27-25(39-19(6)34)24(38-18(5)33)23(37-17(4)32)22(40-27)14-36-16(3)31/h7-11,13,22-25,27H,1,12,14H2,2-6H3. The van der Waals surface area contributed by atoms with Gasteiger partial charge in [0.15, 0.2) is 28.9 Å². The first-order chi connectivity index (χ1) is 19.4. The van der Waals surface area contributed by atoms with E-state index in [1.54, 1.807) is 6.08 Å². The minimum absolute atomic E-state index is 0.112. The average molecular weight is 589 g/mol. The predicted octanol–water partition coefficient (Wildman–Crippen LogP) is 2.54. The number of carbonyl (C=O) groups is 5. The largest absolute Gasteiger partial charge is 0.463 e. The van der Waals surface area contributed by atoms with Crippen LogP contribution in [0, 0.1) is 6.92 Å². The van der Waals surface area contributed by atoms with Crippen molar-refractivity contribution in [3.05, 3.63) is 53.7 Å². The van der Waals surface area contributed by atoms with Gasteiger partial charge in [0, 0.05) is 34.2 Å². The van der Waals surface area contributed by atoms with Crippen LogP contribution in [-0.2, 0) is 47.7 Å². The van der Waals surface area contributed by atoms with Gasteiger partial charge in [0.05, 0.1) is 0 Å². The minimum Gasteiger partial charge on any atom is -0.463 e. The Morgan fingerprint density at radius 3 is 2.10 bits per heavy atom. The average Bonchev–Trinajstić information content (AvgIpc) is 3.16. The second kappa shape index (κ2) is 14.1. The summed E-state index contributed by atoms with van der Waals surface area (Å²) in [6.45, 7) is 10.0. The molecule has 0 bridgehead atoms.